The van der Waals surface area contributed by atoms with Crippen molar-refractivity contribution in [2.24, 2.45) is 5.92 Å². The molecular weight excluding hydrogens is 282 g/mol. The summed E-state index contributed by atoms with van der Waals surface area (Å²) in [6.45, 7) is 5.25. The maximum Gasteiger partial charge on any atom is 0.162 e. The zero-order valence-electron chi connectivity index (χ0n) is 10.7. The van der Waals surface area contributed by atoms with Gasteiger partial charge < -0.3 is 5.32 Å². The topological polar surface area (TPSA) is 66.5 Å². The number of nitrogens with zero attached hydrogens (tertiary/aromatic N) is 4. The molecule has 2 rings (SSSR count). The lowest BCUT2D eigenvalue weighted by molar-refractivity contribution is 0.488. The van der Waals surface area contributed by atoms with Gasteiger partial charge in [0, 0.05) is 18.8 Å². The lowest BCUT2D eigenvalue weighted by Crippen LogP contribution is -2.02. The summed E-state index contributed by atoms with van der Waals surface area (Å²) >= 11 is 6.97. The molecule has 0 atom stereocenters. The van der Waals surface area contributed by atoms with E-state index in [0.29, 0.717) is 22.3 Å². The molecule has 0 amide bonds. The highest BCUT2D eigenvalue weighted by atomic mass is 35.5. The molecular formula is C12H14ClN5S. The van der Waals surface area contributed by atoms with E-state index in [-0.39, 0.29) is 5.15 Å². The Bertz CT molecular complexity index is 596. The largest absolute Gasteiger partial charge is 0.328 e. The van der Waals surface area contributed by atoms with E-state index in [1.165, 1.54) is 0 Å². The van der Waals surface area contributed by atoms with Gasteiger partial charge in [0.2, 0.25) is 0 Å². The maximum atomic E-state index is 8.98. The van der Waals surface area contributed by atoms with Gasteiger partial charge in [0.05, 0.1) is 0 Å². The summed E-state index contributed by atoms with van der Waals surface area (Å²) in [7, 11) is 0. The van der Waals surface area contributed by atoms with E-state index in [0.717, 1.165) is 24.5 Å². The highest BCUT2D eigenvalue weighted by molar-refractivity contribution is 7.10. The van der Waals surface area contributed by atoms with Gasteiger partial charge in [-0.25, -0.2) is 0 Å². The fourth-order valence-electron chi connectivity index (χ4n) is 1.51. The molecule has 5 nitrogen and oxygen atoms in total. The molecule has 19 heavy (non-hydrogen) atoms. The molecule has 100 valence electrons. The van der Waals surface area contributed by atoms with Gasteiger partial charge >= 0.3 is 0 Å². The summed E-state index contributed by atoms with van der Waals surface area (Å²) in [6, 6.07) is 3.90. The Morgan fingerprint density at radius 3 is 3.05 bits per heavy atom. The van der Waals surface area contributed by atoms with Crippen LogP contribution in [-0.2, 0) is 6.54 Å². The average molecular weight is 296 g/mol. The second-order valence-corrected chi connectivity index (χ2v) is 5.69. The molecule has 2 aromatic rings. The molecule has 0 aromatic carbocycles. The third-order valence-corrected chi connectivity index (χ3v) is 3.72. The maximum absolute atomic E-state index is 8.98. The van der Waals surface area contributed by atoms with Crippen LogP contribution in [0.15, 0.2) is 12.3 Å². The number of hydrogen-bond acceptors (Lipinski definition) is 5. The Morgan fingerprint density at radius 2 is 2.37 bits per heavy atom. The van der Waals surface area contributed by atoms with E-state index in [1.807, 2.05) is 23.0 Å². The van der Waals surface area contributed by atoms with Crippen LogP contribution in [0.3, 0.4) is 0 Å². The number of halogens is 1. The van der Waals surface area contributed by atoms with Crippen molar-refractivity contribution in [3.8, 4) is 6.07 Å². The highest BCUT2D eigenvalue weighted by Crippen LogP contribution is 2.29. The zero-order valence-corrected chi connectivity index (χ0v) is 12.3. The molecule has 7 heteroatoms. The minimum atomic E-state index is 0.231. The van der Waals surface area contributed by atoms with Gasteiger partial charge in [-0.15, -0.1) is 0 Å². The Labute approximate surface area is 121 Å². The van der Waals surface area contributed by atoms with Crippen LogP contribution in [0.25, 0.3) is 0 Å². The van der Waals surface area contributed by atoms with Crippen LogP contribution in [0.4, 0.5) is 10.8 Å². The van der Waals surface area contributed by atoms with Crippen molar-refractivity contribution < 1.29 is 0 Å². The molecule has 0 unspecified atom stereocenters. The van der Waals surface area contributed by atoms with Crippen molar-refractivity contribution in [1.82, 2.24) is 14.2 Å². The molecule has 0 spiro atoms. The molecule has 2 aromatic heterocycles. The van der Waals surface area contributed by atoms with E-state index in [2.05, 4.69) is 28.6 Å². The predicted molar refractivity (Wildman–Crippen MR) is 76.8 cm³/mol. The van der Waals surface area contributed by atoms with Crippen LogP contribution >= 0.6 is 23.1 Å². The third-order valence-electron chi connectivity index (χ3n) is 2.58. The molecule has 0 fully saturated rings. The number of aryl methyl sites for hydroxylation is 1. The van der Waals surface area contributed by atoms with Gasteiger partial charge in [-0.3, -0.25) is 4.68 Å². The first kappa shape index (κ1) is 13.8. The SMILES string of the molecule is CC(C)CCn1ccc(Nc2snc(Cl)c2C#N)n1. The summed E-state index contributed by atoms with van der Waals surface area (Å²) in [5, 5.41) is 17.3. The van der Waals surface area contributed by atoms with Crippen molar-refractivity contribution in [3.05, 3.63) is 23.0 Å². The van der Waals surface area contributed by atoms with Gasteiger partial charge in [0.1, 0.15) is 16.6 Å². The number of aromatic nitrogens is 3. The summed E-state index contributed by atoms with van der Waals surface area (Å²) in [4.78, 5) is 0. The van der Waals surface area contributed by atoms with Gasteiger partial charge in [-0.2, -0.15) is 14.7 Å². The number of anilines is 2. The molecule has 0 bridgehead atoms. The fourth-order valence-corrected chi connectivity index (χ4v) is 2.46. The minimum absolute atomic E-state index is 0.231. The van der Waals surface area contributed by atoms with Crippen molar-refractivity contribution in [2.75, 3.05) is 5.32 Å². The van der Waals surface area contributed by atoms with E-state index in [1.54, 1.807) is 0 Å². The second kappa shape index (κ2) is 6.04. The summed E-state index contributed by atoms with van der Waals surface area (Å²) in [5.74, 6) is 1.34. The number of nitriles is 1. The van der Waals surface area contributed by atoms with Crippen molar-refractivity contribution in [2.45, 2.75) is 26.8 Å². The normalized spacial score (nSPS) is 10.7. The van der Waals surface area contributed by atoms with Gasteiger partial charge in [0.15, 0.2) is 11.0 Å². The summed E-state index contributed by atoms with van der Waals surface area (Å²) in [6.07, 6.45) is 3.00. The molecule has 0 radical (unpaired) electrons. The number of nitrogens with one attached hydrogen (secondary N) is 1. The lowest BCUT2D eigenvalue weighted by atomic mass is 10.1. The molecule has 2 heterocycles. The minimum Gasteiger partial charge on any atom is -0.328 e. The Morgan fingerprint density at radius 1 is 1.58 bits per heavy atom. The number of hydrogen-bond donors (Lipinski definition) is 1. The molecule has 0 saturated carbocycles. The van der Waals surface area contributed by atoms with Crippen LogP contribution < -0.4 is 5.32 Å². The third kappa shape index (κ3) is 3.46. The molecule has 0 saturated heterocycles. The molecule has 1 N–H and O–H groups in total. The van der Waals surface area contributed by atoms with Crippen molar-refractivity contribution in [3.63, 3.8) is 0 Å². The van der Waals surface area contributed by atoms with Gasteiger partial charge in [-0.05, 0) is 23.9 Å². The van der Waals surface area contributed by atoms with Crippen LogP contribution in [0.2, 0.25) is 5.15 Å². The first-order valence-corrected chi connectivity index (χ1v) is 7.11. The summed E-state index contributed by atoms with van der Waals surface area (Å²) < 4.78 is 5.82. The van der Waals surface area contributed by atoms with E-state index in [4.69, 9.17) is 16.9 Å². The van der Waals surface area contributed by atoms with Crippen LogP contribution in [0.5, 0.6) is 0 Å². The van der Waals surface area contributed by atoms with Crippen molar-refractivity contribution in [1.29, 1.82) is 5.26 Å². The summed E-state index contributed by atoms with van der Waals surface area (Å²) in [5.41, 5.74) is 0.364. The lowest BCUT2D eigenvalue weighted by Gasteiger charge is -2.04. The van der Waals surface area contributed by atoms with Crippen LogP contribution in [0, 0.1) is 17.2 Å². The van der Waals surface area contributed by atoms with Crippen LogP contribution in [0.1, 0.15) is 25.8 Å². The van der Waals surface area contributed by atoms with E-state index in [9.17, 15) is 0 Å². The Kier molecular flexibility index (Phi) is 4.40. The molecule has 0 aliphatic carbocycles. The highest BCUT2D eigenvalue weighted by Gasteiger charge is 2.12. The first-order valence-electron chi connectivity index (χ1n) is 5.96. The predicted octanol–water partition coefficient (Wildman–Crippen LogP) is 3.65. The first-order chi connectivity index (χ1) is 9.10. The van der Waals surface area contributed by atoms with Gasteiger partial charge in [0.25, 0.3) is 0 Å². The Hall–Kier alpha value is -1.58. The monoisotopic (exact) mass is 295 g/mol. The quantitative estimate of drug-likeness (QED) is 0.914. The van der Waals surface area contributed by atoms with Gasteiger partial charge in [-0.1, -0.05) is 25.4 Å². The molecule has 0 aliphatic heterocycles. The zero-order chi connectivity index (χ0) is 13.8. The van der Waals surface area contributed by atoms with E-state index >= 15 is 0 Å². The average Bonchev–Trinajstić information content (AvgIpc) is 2.95. The Balaban J connectivity index is 2.06. The van der Waals surface area contributed by atoms with Crippen LogP contribution in [-0.4, -0.2) is 14.2 Å². The number of rotatable bonds is 5. The fraction of sp³-hybridized carbons (Fsp3) is 0.417. The smallest absolute Gasteiger partial charge is 0.162 e. The standard InChI is InChI=1S/C12H14ClN5S/c1-8(2)3-5-18-6-4-10(16-18)15-12-9(7-14)11(13)17-19-12/h4,6,8H,3,5H2,1-2H3,(H,15,16). The van der Waals surface area contributed by atoms with E-state index < -0.39 is 0 Å². The molecule has 0 aliphatic rings. The second-order valence-electron chi connectivity index (χ2n) is 4.56. The van der Waals surface area contributed by atoms with Crippen molar-refractivity contribution >= 4 is 34.0 Å².